The van der Waals surface area contributed by atoms with Gasteiger partial charge in [-0.05, 0) is 49.4 Å². The van der Waals surface area contributed by atoms with E-state index < -0.39 is 5.76 Å². The van der Waals surface area contributed by atoms with Crippen LogP contribution in [-0.4, -0.2) is 16.0 Å². The molecule has 1 amide bonds. The van der Waals surface area contributed by atoms with E-state index in [1.54, 1.807) is 29.5 Å². The lowest BCUT2D eigenvalue weighted by atomic mass is 10.00. The number of benzene rings is 1. The van der Waals surface area contributed by atoms with Gasteiger partial charge in [0, 0.05) is 16.1 Å². The Labute approximate surface area is 154 Å². The number of aromatic amines is 1. The predicted octanol–water partition coefficient (Wildman–Crippen LogP) is 4.00. The van der Waals surface area contributed by atoms with Crippen LogP contribution in [0.2, 0.25) is 0 Å². The molecule has 0 bridgehead atoms. The second kappa shape index (κ2) is 7.29. The maximum absolute atomic E-state index is 12.7. The second-order valence-corrected chi connectivity index (χ2v) is 7.59. The van der Waals surface area contributed by atoms with Gasteiger partial charge in [-0.25, -0.2) is 4.79 Å². The van der Waals surface area contributed by atoms with E-state index in [4.69, 9.17) is 0 Å². The van der Waals surface area contributed by atoms with Crippen molar-refractivity contribution in [1.82, 2.24) is 10.1 Å². The van der Waals surface area contributed by atoms with E-state index in [-0.39, 0.29) is 5.91 Å². The van der Waals surface area contributed by atoms with Gasteiger partial charge >= 0.3 is 5.76 Å². The third kappa shape index (κ3) is 3.62. The number of carbonyl (C=O) groups is 1. The van der Waals surface area contributed by atoms with Crippen molar-refractivity contribution in [3.05, 3.63) is 56.2 Å². The molecule has 0 unspecified atom stereocenters. The molecule has 3 aromatic rings. The highest BCUT2D eigenvalue weighted by atomic mass is 32.1. The summed E-state index contributed by atoms with van der Waals surface area (Å²) in [5.41, 5.74) is 2.65. The van der Waals surface area contributed by atoms with Gasteiger partial charge in [0.1, 0.15) is 0 Å². The zero-order chi connectivity index (χ0) is 17.9. The first-order chi connectivity index (χ1) is 12.7. The number of amides is 1. The molecule has 0 saturated heterocycles. The Morgan fingerprint density at radius 1 is 1.15 bits per heavy atom. The van der Waals surface area contributed by atoms with E-state index in [1.165, 1.54) is 36.1 Å². The molecule has 0 atom stereocenters. The molecule has 2 N–H and O–H groups in total. The molecule has 4 rings (SSSR count). The molecule has 0 radical (unpaired) electrons. The summed E-state index contributed by atoms with van der Waals surface area (Å²) >= 11 is 1.60. The number of aromatic nitrogens is 2. The Kier molecular flexibility index (Phi) is 4.71. The van der Waals surface area contributed by atoms with Crippen LogP contribution < -0.4 is 11.1 Å². The maximum atomic E-state index is 12.7. The Hall–Kier alpha value is -2.67. The number of hydrogen-bond acceptors (Lipinski definition) is 5. The molecule has 26 heavy (non-hydrogen) atoms. The monoisotopic (exact) mass is 369 g/mol. The predicted molar refractivity (Wildman–Crippen MR) is 101 cm³/mol. The highest BCUT2D eigenvalue weighted by Gasteiger charge is 2.16. The highest BCUT2D eigenvalue weighted by Crippen LogP contribution is 2.29. The molecule has 0 spiro atoms. The summed E-state index contributed by atoms with van der Waals surface area (Å²) in [6.07, 6.45) is 7.08. The van der Waals surface area contributed by atoms with E-state index in [2.05, 4.69) is 20.0 Å². The van der Waals surface area contributed by atoms with Crippen LogP contribution in [0.3, 0.4) is 0 Å². The summed E-state index contributed by atoms with van der Waals surface area (Å²) in [4.78, 5) is 28.4. The molecule has 0 aliphatic heterocycles. The van der Waals surface area contributed by atoms with Crippen molar-refractivity contribution in [3.63, 3.8) is 0 Å². The lowest BCUT2D eigenvalue weighted by Gasteiger charge is -2.07. The molecule has 0 saturated carbocycles. The van der Waals surface area contributed by atoms with Gasteiger partial charge in [-0.3, -0.25) is 14.3 Å². The molecule has 1 aliphatic rings. The minimum atomic E-state index is -0.606. The second-order valence-electron chi connectivity index (χ2n) is 6.45. The Morgan fingerprint density at radius 2 is 2.00 bits per heavy atom. The fourth-order valence-corrected chi connectivity index (χ4v) is 4.40. The number of rotatable bonds is 3. The molecule has 2 heterocycles. The van der Waals surface area contributed by atoms with Gasteiger partial charge in [0.15, 0.2) is 5.82 Å². The smallest absolute Gasteiger partial charge is 0.321 e. The van der Waals surface area contributed by atoms with E-state index in [1.807, 2.05) is 12.1 Å². The summed E-state index contributed by atoms with van der Waals surface area (Å²) in [7, 11) is 0. The molecular weight excluding hydrogens is 350 g/mol. The molecule has 134 valence electrons. The van der Waals surface area contributed by atoms with Gasteiger partial charge in [-0.1, -0.05) is 30.1 Å². The summed E-state index contributed by atoms with van der Waals surface area (Å²) in [5.74, 6) is -0.372. The quantitative estimate of drug-likeness (QED) is 0.730. The van der Waals surface area contributed by atoms with Gasteiger partial charge in [0.05, 0.1) is 4.88 Å². The van der Waals surface area contributed by atoms with E-state index in [0.717, 1.165) is 17.7 Å². The van der Waals surface area contributed by atoms with Crippen molar-refractivity contribution < 1.29 is 9.32 Å². The molecule has 6 nitrogen and oxygen atoms in total. The SMILES string of the molecule is O=C(Nc1cccc(-c2noc(=O)[nH]2)c1)c1cc2c(s1)CCCCCC2. The normalized spacial score (nSPS) is 14.3. The fraction of sp³-hybridized carbons (Fsp3) is 0.316. The van der Waals surface area contributed by atoms with Gasteiger partial charge in [-0.2, -0.15) is 0 Å². The zero-order valence-corrected chi connectivity index (χ0v) is 15.0. The Balaban J connectivity index is 1.53. The van der Waals surface area contributed by atoms with Crippen molar-refractivity contribution in [1.29, 1.82) is 0 Å². The Bertz CT molecular complexity index is 960. The van der Waals surface area contributed by atoms with Crippen LogP contribution in [0.15, 0.2) is 39.6 Å². The molecule has 0 fully saturated rings. The lowest BCUT2D eigenvalue weighted by Crippen LogP contribution is -2.10. The van der Waals surface area contributed by atoms with Crippen LogP contribution in [0, 0.1) is 0 Å². The summed E-state index contributed by atoms with van der Waals surface area (Å²) in [6, 6.07) is 9.20. The number of carbonyl (C=O) groups excluding carboxylic acids is 1. The van der Waals surface area contributed by atoms with Gasteiger partial charge in [-0.15, -0.1) is 11.3 Å². The van der Waals surface area contributed by atoms with Crippen molar-refractivity contribution in [3.8, 4) is 11.4 Å². The topological polar surface area (TPSA) is 88.0 Å². The van der Waals surface area contributed by atoms with Crippen molar-refractivity contribution >= 4 is 22.9 Å². The third-order valence-corrected chi connectivity index (χ3v) is 5.79. The van der Waals surface area contributed by atoms with Gasteiger partial charge in [0.25, 0.3) is 5.91 Å². The van der Waals surface area contributed by atoms with Crippen LogP contribution in [0.5, 0.6) is 0 Å². The Morgan fingerprint density at radius 3 is 2.81 bits per heavy atom. The highest BCUT2D eigenvalue weighted by molar-refractivity contribution is 7.14. The van der Waals surface area contributed by atoms with Gasteiger partial charge in [0.2, 0.25) is 0 Å². The van der Waals surface area contributed by atoms with Crippen LogP contribution in [0.4, 0.5) is 5.69 Å². The van der Waals surface area contributed by atoms with Crippen LogP contribution >= 0.6 is 11.3 Å². The molecular formula is C19H19N3O3S. The summed E-state index contributed by atoms with van der Waals surface area (Å²) in [6.45, 7) is 0. The average molecular weight is 369 g/mol. The lowest BCUT2D eigenvalue weighted by molar-refractivity contribution is 0.103. The fourth-order valence-electron chi connectivity index (χ4n) is 3.25. The average Bonchev–Trinajstić information content (AvgIpc) is 3.21. The summed E-state index contributed by atoms with van der Waals surface area (Å²) < 4.78 is 4.53. The number of aryl methyl sites for hydroxylation is 2. The number of fused-ring (bicyclic) bond motifs is 1. The van der Waals surface area contributed by atoms with Crippen LogP contribution in [0.1, 0.15) is 45.8 Å². The number of H-pyrrole nitrogens is 1. The number of nitrogens with one attached hydrogen (secondary N) is 2. The number of nitrogens with zero attached hydrogens (tertiary/aromatic N) is 1. The number of anilines is 1. The standard InChI is InChI=1S/C19H19N3O3S/c23-18(16-11-12-6-3-1-2-4-9-15(12)26-16)20-14-8-5-7-13(10-14)17-21-19(24)25-22-17/h5,7-8,10-11H,1-4,6,9H2,(H,20,23)(H,21,22,24). The largest absolute Gasteiger partial charge is 0.439 e. The minimum absolute atomic E-state index is 0.104. The van der Waals surface area contributed by atoms with Crippen molar-refractivity contribution in [2.45, 2.75) is 38.5 Å². The zero-order valence-electron chi connectivity index (χ0n) is 14.2. The first kappa shape index (κ1) is 16.8. The molecule has 1 aliphatic carbocycles. The maximum Gasteiger partial charge on any atom is 0.439 e. The number of hydrogen-bond donors (Lipinski definition) is 2. The van der Waals surface area contributed by atoms with Gasteiger partial charge < -0.3 is 5.32 Å². The first-order valence-corrected chi connectivity index (χ1v) is 9.60. The first-order valence-electron chi connectivity index (χ1n) is 8.78. The van der Waals surface area contributed by atoms with E-state index in [9.17, 15) is 9.59 Å². The summed E-state index contributed by atoms with van der Waals surface area (Å²) in [5, 5.41) is 6.61. The third-order valence-electron chi connectivity index (χ3n) is 4.55. The van der Waals surface area contributed by atoms with Crippen molar-refractivity contribution in [2.75, 3.05) is 5.32 Å². The minimum Gasteiger partial charge on any atom is -0.321 e. The van der Waals surface area contributed by atoms with Crippen LogP contribution in [0.25, 0.3) is 11.4 Å². The molecule has 2 aromatic heterocycles. The molecule has 1 aromatic carbocycles. The van der Waals surface area contributed by atoms with Crippen LogP contribution in [-0.2, 0) is 12.8 Å². The van der Waals surface area contributed by atoms with E-state index >= 15 is 0 Å². The number of thiophene rings is 1. The van der Waals surface area contributed by atoms with Crippen molar-refractivity contribution in [2.24, 2.45) is 0 Å². The molecule has 7 heteroatoms. The van der Waals surface area contributed by atoms with E-state index in [0.29, 0.717) is 17.1 Å².